The summed E-state index contributed by atoms with van der Waals surface area (Å²) in [5.41, 5.74) is 4.18. The lowest BCUT2D eigenvalue weighted by molar-refractivity contribution is 0.138. The highest BCUT2D eigenvalue weighted by Crippen LogP contribution is 2.38. The number of pyridine rings is 2. The molecule has 8 nitrogen and oxygen atoms in total. The normalized spacial score (nSPS) is 18.8. The van der Waals surface area contributed by atoms with E-state index in [1.54, 1.807) is 18.0 Å². The van der Waals surface area contributed by atoms with Crippen molar-refractivity contribution in [3.8, 4) is 22.9 Å². The Morgan fingerprint density at radius 3 is 2.71 bits per heavy atom. The van der Waals surface area contributed by atoms with Gasteiger partial charge in [0, 0.05) is 43.0 Å². The minimum atomic E-state index is 0.213. The highest BCUT2D eigenvalue weighted by molar-refractivity contribution is 5.70. The van der Waals surface area contributed by atoms with Gasteiger partial charge >= 0.3 is 0 Å². The summed E-state index contributed by atoms with van der Waals surface area (Å²) >= 11 is 0. The van der Waals surface area contributed by atoms with Gasteiger partial charge < -0.3 is 14.8 Å². The predicted molar refractivity (Wildman–Crippen MR) is 119 cm³/mol. The number of hydrogen-bond donors (Lipinski definition) is 1. The van der Waals surface area contributed by atoms with Crippen LogP contribution in [0, 0.1) is 12.8 Å². The van der Waals surface area contributed by atoms with Gasteiger partial charge in [-0.3, -0.25) is 9.58 Å². The van der Waals surface area contributed by atoms with Crippen LogP contribution in [-0.2, 0) is 13.6 Å². The van der Waals surface area contributed by atoms with Crippen molar-refractivity contribution in [1.29, 1.82) is 0 Å². The van der Waals surface area contributed by atoms with Gasteiger partial charge in [-0.2, -0.15) is 15.1 Å². The molecule has 0 aromatic carbocycles. The fourth-order valence-electron chi connectivity index (χ4n) is 4.14. The first-order valence-corrected chi connectivity index (χ1v) is 10.7. The van der Waals surface area contributed by atoms with Gasteiger partial charge in [0.15, 0.2) is 0 Å². The number of methoxy groups -OCH3 is 1. The lowest BCUT2D eigenvalue weighted by atomic mass is 10.1. The van der Waals surface area contributed by atoms with E-state index < -0.39 is 0 Å². The van der Waals surface area contributed by atoms with Crippen LogP contribution in [-0.4, -0.2) is 51.5 Å². The number of anilines is 2. The molecule has 1 aliphatic carbocycles. The third kappa shape index (κ3) is 4.07. The second-order valence-electron chi connectivity index (χ2n) is 8.58. The summed E-state index contributed by atoms with van der Waals surface area (Å²) in [4.78, 5) is 11.8. The number of nitrogens with one attached hydrogen (secondary N) is 1. The Balaban J connectivity index is 1.43. The summed E-state index contributed by atoms with van der Waals surface area (Å²) in [5, 5.41) is 7.56. The molecule has 3 aromatic heterocycles. The van der Waals surface area contributed by atoms with Gasteiger partial charge in [0.1, 0.15) is 17.7 Å². The van der Waals surface area contributed by atoms with Crippen LogP contribution in [0.25, 0.3) is 11.1 Å². The standard InChI is InChI=1S/C23H28N6O2/c1-14-9-21(27-23-18(14)12-28(2)13-19(31-23)15-5-6-15)25-20-8-7-17(22(26-20)30-4)16-10-24-29(3)11-16/h7-11,15,19H,5-6,12-13H2,1-4H3,(H,25,26,27). The molecule has 0 spiro atoms. The van der Waals surface area contributed by atoms with E-state index in [4.69, 9.17) is 14.5 Å². The third-order valence-electron chi connectivity index (χ3n) is 5.97. The molecule has 31 heavy (non-hydrogen) atoms. The number of aromatic nitrogens is 4. The van der Waals surface area contributed by atoms with E-state index in [1.165, 1.54) is 12.8 Å². The maximum atomic E-state index is 6.39. The molecule has 1 aliphatic heterocycles. The second kappa shape index (κ2) is 7.85. The number of aryl methyl sites for hydroxylation is 2. The molecule has 8 heteroatoms. The Bertz CT molecular complexity index is 1110. The Labute approximate surface area is 182 Å². The molecule has 0 radical (unpaired) electrons. The van der Waals surface area contributed by atoms with E-state index in [1.807, 2.05) is 25.4 Å². The first-order valence-electron chi connectivity index (χ1n) is 10.7. The van der Waals surface area contributed by atoms with Gasteiger partial charge in [-0.05, 0) is 56.5 Å². The zero-order valence-corrected chi connectivity index (χ0v) is 18.4. The molecule has 0 bridgehead atoms. The smallest absolute Gasteiger partial charge is 0.223 e. The molecule has 5 rings (SSSR count). The SMILES string of the molecule is COc1nc(Nc2cc(C)c3c(n2)OC(C2CC2)CN(C)C3)ccc1-c1cnn(C)c1. The lowest BCUT2D eigenvalue weighted by Gasteiger charge is -2.19. The monoisotopic (exact) mass is 420 g/mol. The topological polar surface area (TPSA) is 77.3 Å². The molecule has 3 aromatic rings. The average molecular weight is 421 g/mol. The highest BCUT2D eigenvalue weighted by Gasteiger charge is 2.36. The first kappa shape index (κ1) is 19.8. The fraction of sp³-hybridized carbons (Fsp3) is 0.435. The molecule has 0 amide bonds. The average Bonchev–Trinajstić information content (AvgIpc) is 3.52. The highest BCUT2D eigenvalue weighted by atomic mass is 16.5. The van der Waals surface area contributed by atoms with Gasteiger partial charge in [0.2, 0.25) is 11.8 Å². The summed E-state index contributed by atoms with van der Waals surface area (Å²) < 4.78 is 13.7. The second-order valence-corrected chi connectivity index (χ2v) is 8.58. The molecule has 1 saturated carbocycles. The van der Waals surface area contributed by atoms with Gasteiger partial charge in [-0.1, -0.05) is 0 Å². The van der Waals surface area contributed by atoms with E-state index in [2.05, 4.69) is 40.3 Å². The number of fused-ring (bicyclic) bond motifs is 1. The van der Waals surface area contributed by atoms with Gasteiger partial charge in [0.05, 0.1) is 13.3 Å². The van der Waals surface area contributed by atoms with Crippen molar-refractivity contribution < 1.29 is 9.47 Å². The van der Waals surface area contributed by atoms with Crippen molar-refractivity contribution >= 4 is 11.6 Å². The van der Waals surface area contributed by atoms with Crippen molar-refractivity contribution in [2.45, 2.75) is 32.4 Å². The maximum Gasteiger partial charge on any atom is 0.223 e. The Morgan fingerprint density at radius 1 is 1.16 bits per heavy atom. The Hall–Kier alpha value is -3.13. The van der Waals surface area contributed by atoms with Crippen molar-refractivity contribution in [1.82, 2.24) is 24.6 Å². The molecule has 162 valence electrons. The van der Waals surface area contributed by atoms with Crippen LogP contribution in [0.1, 0.15) is 24.0 Å². The first-order chi connectivity index (χ1) is 15.0. The van der Waals surface area contributed by atoms with Gasteiger partial charge in [0.25, 0.3) is 0 Å². The van der Waals surface area contributed by atoms with Crippen LogP contribution >= 0.6 is 0 Å². The summed E-state index contributed by atoms with van der Waals surface area (Å²) in [6, 6.07) is 5.96. The van der Waals surface area contributed by atoms with Crippen molar-refractivity contribution in [3.05, 3.63) is 41.7 Å². The quantitative estimate of drug-likeness (QED) is 0.676. The van der Waals surface area contributed by atoms with E-state index in [-0.39, 0.29) is 6.10 Å². The molecule has 4 heterocycles. The number of likely N-dealkylation sites (N-methyl/N-ethyl adjacent to an activating group) is 1. The summed E-state index contributed by atoms with van der Waals surface area (Å²) in [5.74, 6) is 3.32. The van der Waals surface area contributed by atoms with E-state index in [9.17, 15) is 0 Å². The third-order valence-corrected chi connectivity index (χ3v) is 5.97. The van der Waals surface area contributed by atoms with Crippen LogP contribution in [0.4, 0.5) is 11.6 Å². The fourth-order valence-corrected chi connectivity index (χ4v) is 4.14. The minimum Gasteiger partial charge on any atom is -0.480 e. The van der Waals surface area contributed by atoms with E-state index in [0.717, 1.165) is 47.0 Å². The Morgan fingerprint density at radius 2 is 2.00 bits per heavy atom. The molecule has 1 N–H and O–H groups in total. The van der Waals surface area contributed by atoms with Gasteiger partial charge in [-0.15, -0.1) is 0 Å². The van der Waals surface area contributed by atoms with Crippen LogP contribution in [0.15, 0.2) is 30.6 Å². The van der Waals surface area contributed by atoms with E-state index >= 15 is 0 Å². The minimum absolute atomic E-state index is 0.213. The number of rotatable bonds is 5. The van der Waals surface area contributed by atoms with Crippen LogP contribution in [0.3, 0.4) is 0 Å². The van der Waals surface area contributed by atoms with Crippen molar-refractivity contribution in [2.75, 3.05) is 26.0 Å². The molecule has 2 aliphatic rings. The summed E-state index contributed by atoms with van der Waals surface area (Å²) in [6.07, 6.45) is 6.45. The summed E-state index contributed by atoms with van der Waals surface area (Å²) in [7, 11) is 5.66. The van der Waals surface area contributed by atoms with E-state index in [0.29, 0.717) is 17.6 Å². The number of nitrogens with zero attached hydrogens (tertiary/aromatic N) is 5. The van der Waals surface area contributed by atoms with Crippen LogP contribution < -0.4 is 14.8 Å². The maximum absolute atomic E-state index is 6.39. The van der Waals surface area contributed by atoms with Crippen molar-refractivity contribution in [3.63, 3.8) is 0 Å². The molecule has 0 saturated heterocycles. The van der Waals surface area contributed by atoms with Crippen molar-refractivity contribution in [2.24, 2.45) is 13.0 Å². The molecule has 1 unspecified atom stereocenters. The molecule has 1 fully saturated rings. The zero-order valence-electron chi connectivity index (χ0n) is 18.4. The molecular formula is C23H28N6O2. The van der Waals surface area contributed by atoms with Gasteiger partial charge in [-0.25, -0.2) is 0 Å². The lowest BCUT2D eigenvalue weighted by Crippen LogP contribution is -2.31. The number of hydrogen-bond acceptors (Lipinski definition) is 7. The number of ether oxygens (including phenoxy) is 2. The predicted octanol–water partition coefficient (Wildman–Crippen LogP) is 3.54. The van der Waals surface area contributed by atoms with Crippen LogP contribution in [0.5, 0.6) is 11.8 Å². The zero-order chi connectivity index (χ0) is 21.5. The Kier molecular flexibility index (Phi) is 5.02. The van der Waals surface area contributed by atoms with Crippen LogP contribution in [0.2, 0.25) is 0 Å². The summed E-state index contributed by atoms with van der Waals surface area (Å²) in [6.45, 7) is 3.90. The largest absolute Gasteiger partial charge is 0.480 e. The molecular weight excluding hydrogens is 392 g/mol. The molecule has 1 atom stereocenters.